The summed E-state index contributed by atoms with van der Waals surface area (Å²) in [7, 11) is 0. The van der Waals surface area contributed by atoms with E-state index in [-0.39, 0.29) is 0 Å². The Balaban J connectivity index is 1.77. The van der Waals surface area contributed by atoms with Crippen molar-refractivity contribution in [2.75, 3.05) is 32.8 Å². The first-order valence-corrected chi connectivity index (χ1v) is 6.32. The Morgan fingerprint density at radius 2 is 2.27 bits per heavy atom. The third-order valence-corrected chi connectivity index (χ3v) is 3.72. The van der Waals surface area contributed by atoms with Gasteiger partial charge in [0.2, 0.25) is 0 Å². The van der Waals surface area contributed by atoms with Crippen LogP contribution in [0.2, 0.25) is 0 Å². The first-order chi connectivity index (χ1) is 7.25. The topological polar surface area (TPSA) is 24.5 Å². The van der Waals surface area contributed by atoms with Crippen molar-refractivity contribution >= 4 is 0 Å². The molecule has 0 spiro atoms. The molecule has 2 aliphatic rings. The maximum absolute atomic E-state index is 5.75. The molecule has 2 aliphatic heterocycles. The van der Waals surface area contributed by atoms with Gasteiger partial charge in [-0.1, -0.05) is 6.92 Å². The lowest BCUT2D eigenvalue weighted by molar-refractivity contribution is -0.0112. The number of ether oxygens (including phenoxy) is 1. The number of nitrogens with one attached hydrogen (secondary N) is 1. The summed E-state index contributed by atoms with van der Waals surface area (Å²) in [5, 5.41) is 3.40. The quantitative estimate of drug-likeness (QED) is 0.742. The van der Waals surface area contributed by atoms with Gasteiger partial charge >= 0.3 is 0 Å². The highest BCUT2D eigenvalue weighted by Crippen LogP contribution is 2.22. The Kier molecular flexibility index (Phi) is 4.00. The summed E-state index contributed by atoms with van der Waals surface area (Å²) in [4.78, 5) is 2.59. The summed E-state index contributed by atoms with van der Waals surface area (Å²) in [6.07, 6.45) is 3.11. The Labute approximate surface area is 93.2 Å². The molecule has 2 fully saturated rings. The molecule has 0 saturated carbocycles. The Hall–Kier alpha value is -0.120. The van der Waals surface area contributed by atoms with E-state index < -0.39 is 0 Å². The lowest BCUT2D eigenvalue weighted by atomic mass is 9.93. The normalized spacial score (nSPS) is 39.2. The van der Waals surface area contributed by atoms with Crippen LogP contribution in [-0.4, -0.2) is 49.8 Å². The van der Waals surface area contributed by atoms with Crippen LogP contribution in [0.3, 0.4) is 0 Å². The highest BCUT2D eigenvalue weighted by Gasteiger charge is 2.25. The summed E-state index contributed by atoms with van der Waals surface area (Å²) in [6, 6.07) is 0.735. The van der Waals surface area contributed by atoms with Crippen molar-refractivity contribution in [3.8, 4) is 0 Å². The van der Waals surface area contributed by atoms with Gasteiger partial charge in [-0.05, 0) is 32.2 Å². The number of hydrogen-bond donors (Lipinski definition) is 1. The van der Waals surface area contributed by atoms with Crippen LogP contribution in [-0.2, 0) is 4.74 Å². The van der Waals surface area contributed by atoms with Gasteiger partial charge in [0, 0.05) is 25.7 Å². The molecular formula is C12H24N2O. The van der Waals surface area contributed by atoms with Gasteiger partial charge in [0.1, 0.15) is 0 Å². The van der Waals surface area contributed by atoms with E-state index in [1.807, 2.05) is 0 Å². The number of nitrogens with zero attached hydrogens (tertiary/aromatic N) is 1. The Morgan fingerprint density at radius 1 is 1.40 bits per heavy atom. The summed E-state index contributed by atoms with van der Waals surface area (Å²) < 4.78 is 5.75. The van der Waals surface area contributed by atoms with Crippen molar-refractivity contribution in [3.05, 3.63) is 0 Å². The van der Waals surface area contributed by atoms with E-state index in [0.29, 0.717) is 6.10 Å². The zero-order chi connectivity index (χ0) is 10.7. The highest BCUT2D eigenvalue weighted by atomic mass is 16.5. The smallest absolute Gasteiger partial charge is 0.0826 e. The number of morpholine rings is 1. The minimum atomic E-state index is 0.412. The van der Waals surface area contributed by atoms with Gasteiger partial charge in [0.05, 0.1) is 12.7 Å². The Morgan fingerprint density at radius 3 is 2.93 bits per heavy atom. The molecule has 2 rings (SSSR count). The van der Waals surface area contributed by atoms with Crippen LogP contribution in [0.25, 0.3) is 0 Å². The molecule has 3 unspecified atom stereocenters. The number of likely N-dealkylation sites (tertiary alicyclic amines) is 1. The molecular weight excluding hydrogens is 188 g/mol. The van der Waals surface area contributed by atoms with Crippen molar-refractivity contribution < 1.29 is 4.74 Å². The highest BCUT2D eigenvalue weighted by molar-refractivity contribution is 4.80. The van der Waals surface area contributed by atoms with Gasteiger partial charge in [0.25, 0.3) is 0 Å². The van der Waals surface area contributed by atoms with E-state index >= 15 is 0 Å². The molecule has 0 radical (unpaired) electrons. The fourth-order valence-corrected chi connectivity index (χ4v) is 2.73. The van der Waals surface area contributed by atoms with E-state index in [4.69, 9.17) is 4.74 Å². The molecule has 88 valence electrons. The predicted molar refractivity (Wildman–Crippen MR) is 62.0 cm³/mol. The molecule has 0 amide bonds. The fourth-order valence-electron chi connectivity index (χ4n) is 2.73. The molecule has 0 aromatic heterocycles. The zero-order valence-electron chi connectivity index (χ0n) is 10.0. The van der Waals surface area contributed by atoms with Crippen LogP contribution in [0.4, 0.5) is 0 Å². The van der Waals surface area contributed by atoms with Gasteiger partial charge in [-0.25, -0.2) is 0 Å². The van der Waals surface area contributed by atoms with Crippen LogP contribution in [0, 0.1) is 5.92 Å². The lowest BCUT2D eigenvalue weighted by Gasteiger charge is -2.39. The summed E-state index contributed by atoms with van der Waals surface area (Å²) in [6.45, 7) is 10.0. The second-order valence-corrected chi connectivity index (χ2v) is 5.17. The zero-order valence-corrected chi connectivity index (χ0v) is 10.0. The van der Waals surface area contributed by atoms with Crippen molar-refractivity contribution in [2.45, 2.75) is 38.8 Å². The maximum atomic E-state index is 5.75. The molecule has 1 N–H and O–H groups in total. The Bertz CT molecular complexity index is 192. The van der Waals surface area contributed by atoms with Gasteiger partial charge in [-0.15, -0.1) is 0 Å². The first-order valence-electron chi connectivity index (χ1n) is 6.32. The third-order valence-electron chi connectivity index (χ3n) is 3.72. The number of rotatable bonds is 2. The van der Waals surface area contributed by atoms with Gasteiger partial charge in [-0.2, -0.15) is 0 Å². The van der Waals surface area contributed by atoms with Crippen molar-refractivity contribution in [3.63, 3.8) is 0 Å². The monoisotopic (exact) mass is 212 g/mol. The largest absolute Gasteiger partial charge is 0.374 e. The summed E-state index contributed by atoms with van der Waals surface area (Å²) in [5.74, 6) is 0.904. The van der Waals surface area contributed by atoms with E-state index in [1.165, 1.54) is 19.4 Å². The SMILES string of the molecule is CC1CCN(CC2CNCCO2)C(C)C1. The standard InChI is InChI=1S/C12H24N2O/c1-10-3-5-14(11(2)7-10)9-12-8-13-4-6-15-12/h10-13H,3-9H2,1-2H3. The van der Waals surface area contributed by atoms with Crippen LogP contribution >= 0.6 is 0 Å². The van der Waals surface area contributed by atoms with Crippen molar-refractivity contribution in [1.29, 1.82) is 0 Å². The van der Waals surface area contributed by atoms with Crippen LogP contribution < -0.4 is 5.32 Å². The molecule has 0 aliphatic carbocycles. The minimum Gasteiger partial charge on any atom is -0.374 e. The molecule has 2 saturated heterocycles. The first kappa shape index (κ1) is 11.4. The average Bonchev–Trinajstić information content (AvgIpc) is 2.24. The predicted octanol–water partition coefficient (Wildman–Crippen LogP) is 1.10. The number of piperidine rings is 1. The van der Waals surface area contributed by atoms with E-state index in [1.54, 1.807) is 0 Å². The third kappa shape index (κ3) is 3.16. The molecule has 3 heteroatoms. The summed E-state index contributed by atoms with van der Waals surface area (Å²) in [5.41, 5.74) is 0. The average molecular weight is 212 g/mol. The van der Waals surface area contributed by atoms with Gasteiger partial charge < -0.3 is 10.1 Å². The van der Waals surface area contributed by atoms with Gasteiger partial charge in [0.15, 0.2) is 0 Å². The maximum Gasteiger partial charge on any atom is 0.0826 e. The molecule has 15 heavy (non-hydrogen) atoms. The lowest BCUT2D eigenvalue weighted by Crippen LogP contribution is -2.49. The van der Waals surface area contributed by atoms with Crippen molar-refractivity contribution in [2.24, 2.45) is 5.92 Å². The number of hydrogen-bond acceptors (Lipinski definition) is 3. The molecule has 0 aromatic carbocycles. The molecule has 2 heterocycles. The minimum absolute atomic E-state index is 0.412. The van der Waals surface area contributed by atoms with Crippen LogP contribution in [0.5, 0.6) is 0 Å². The fraction of sp³-hybridized carbons (Fsp3) is 1.00. The van der Waals surface area contributed by atoms with Crippen LogP contribution in [0.15, 0.2) is 0 Å². The summed E-state index contributed by atoms with van der Waals surface area (Å²) >= 11 is 0. The second-order valence-electron chi connectivity index (χ2n) is 5.17. The van der Waals surface area contributed by atoms with Gasteiger partial charge in [-0.3, -0.25) is 4.90 Å². The van der Waals surface area contributed by atoms with Crippen molar-refractivity contribution in [1.82, 2.24) is 10.2 Å². The van der Waals surface area contributed by atoms with E-state index in [2.05, 4.69) is 24.1 Å². The molecule has 3 nitrogen and oxygen atoms in total. The second kappa shape index (κ2) is 5.28. The van der Waals surface area contributed by atoms with E-state index in [0.717, 1.165) is 38.2 Å². The molecule has 3 atom stereocenters. The van der Waals surface area contributed by atoms with Crippen LogP contribution in [0.1, 0.15) is 26.7 Å². The molecule has 0 bridgehead atoms. The molecule has 0 aromatic rings. The van der Waals surface area contributed by atoms with E-state index in [9.17, 15) is 0 Å².